The van der Waals surface area contributed by atoms with Crippen molar-refractivity contribution in [3.8, 4) is 0 Å². The van der Waals surface area contributed by atoms with E-state index in [0.29, 0.717) is 12.3 Å². The lowest BCUT2D eigenvalue weighted by Crippen LogP contribution is -2.43. The zero-order chi connectivity index (χ0) is 14.7. The molecule has 1 fully saturated rings. The Kier molecular flexibility index (Phi) is 4.40. The second-order valence-electron chi connectivity index (χ2n) is 5.86. The molecule has 0 unspecified atom stereocenters. The minimum Gasteiger partial charge on any atom is -0.343 e. The number of rotatable bonds is 4. The summed E-state index contributed by atoms with van der Waals surface area (Å²) >= 11 is 3.47. The number of thiophene rings is 1. The number of thiazole rings is 1. The summed E-state index contributed by atoms with van der Waals surface area (Å²) in [6.07, 6.45) is 5.42. The number of piperidine rings is 1. The third-order valence-electron chi connectivity index (χ3n) is 4.33. The summed E-state index contributed by atoms with van der Waals surface area (Å²) in [5.41, 5.74) is 0.151. The first-order valence-corrected chi connectivity index (χ1v) is 9.13. The molecule has 5 heteroatoms. The SMILES string of the molecule is CC1(c2nccs2)CCN(C(=O)CCc2cccs2)CC1. The number of carbonyl (C=O) groups is 1. The number of aromatic nitrogens is 1. The fraction of sp³-hybridized carbons (Fsp3) is 0.500. The zero-order valence-electron chi connectivity index (χ0n) is 12.2. The van der Waals surface area contributed by atoms with Crippen LogP contribution < -0.4 is 0 Å². The molecule has 3 nitrogen and oxygen atoms in total. The van der Waals surface area contributed by atoms with E-state index in [1.807, 2.05) is 22.5 Å². The normalized spacial score (nSPS) is 17.9. The highest BCUT2D eigenvalue weighted by Crippen LogP contribution is 2.36. The average Bonchev–Trinajstić information content (AvgIpc) is 3.19. The molecular formula is C16H20N2OS2. The van der Waals surface area contributed by atoms with Crippen molar-refractivity contribution in [1.82, 2.24) is 9.88 Å². The van der Waals surface area contributed by atoms with Crippen molar-refractivity contribution in [3.05, 3.63) is 39.0 Å². The standard InChI is InChI=1S/C16H20N2OS2/c1-16(15-17-8-12-21-15)6-9-18(10-7-16)14(19)5-4-13-3-2-11-20-13/h2-3,8,11-12H,4-7,9-10H2,1H3. The molecule has 1 saturated heterocycles. The van der Waals surface area contributed by atoms with E-state index in [1.54, 1.807) is 22.7 Å². The maximum absolute atomic E-state index is 12.3. The number of aryl methyl sites for hydroxylation is 1. The van der Waals surface area contributed by atoms with E-state index in [9.17, 15) is 4.79 Å². The van der Waals surface area contributed by atoms with Crippen molar-refractivity contribution in [3.63, 3.8) is 0 Å². The Morgan fingerprint density at radius 1 is 1.33 bits per heavy atom. The second-order valence-corrected chi connectivity index (χ2v) is 7.78. The van der Waals surface area contributed by atoms with Gasteiger partial charge >= 0.3 is 0 Å². The van der Waals surface area contributed by atoms with E-state index >= 15 is 0 Å². The first-order valence-electron chi connectivity index (χ1n) is 7.37. The average molecular weight is 320 g/mol. The Hall–Kier alpha value is -1.20. The highest BCUT2D eigenvalue weighted by atomic mass is 32.1. The largest absolute Gasteiger partial charge is 0.343 e. The quantitative estimate of drug-likeness (QED) is 0.860. The molecule has 0 aliphatic carbocycles. The lowest BCUT2D eigenvalue weighted by molar-refractivity contribution is -0.132. The van der Waals surface area contributed by atoms with Crippen LogP contribution >= 0.6 is 22.7 Å². The summed E-state index contributed by atoms with van der Waals surface area (Å²) in [5, 5.41) is 5.33. The lowest BCUT2D eigenvalue weighted by atomic mass is 9.81. The van der Waals surface area contributed by atoms with Gasteiger partial charge in [0, 0.05) is 41.4 Å². The van der Waals surface area contributed by atoms with Crippen LogP contribution in [0.3, 0.4) is 0 Å². The topological polar surface area (TPSA) is 33.2 Å². The van der Waals surface area contributed by atoms with Crippen molar-refractivity contribution < 1.29 is 4.79 Å². The highest BCUT2D eigenvalue weighted by Gasteiger charge is 2.34. The molecule has 1 aliphatic heterocycles. The van der Waals surface area contributed by atoms with E-state index in [2.05, 4.69) is 23.4 Å². The van der Waals surface area contributed by atoms with E-state index in [0.717, 1.165) is 32.4 Å². The van der Waals surface area contributed by atoms with Gasteiger partial charge in [-0.15, -0.1) is 22.7 Å². The second kappa shape index (κ2) is 6.28. The van der Waals surface area contributed by atoms with Crippen LogP contribution in [-0.2, 0) is 16.6 Å². The van der Waals surface area contributed by atoms with Crippen LogP contribution in [0.15, 0.2) is 29.1 Å². The van der Waals surface area contributed by atoms with Gasteiger partial charge in [-0.25, -0.2) is 4.98 Å². The molecule has 3 heterocycles. The van der Waals surface area contributed by atoms with Gasteiger partial charge < -0.3 is 4.90 Å². The Balaban J connectivity index is 1.52. The minimum atomic E-state index is 0.151. The highest BCUT2D eigenvalue weighted by molar-refractivity contribution is 7.10. The minimum absolute atomic E-state index is 0.151. The van der Waals surface area contributed by atoms with Crippen LogP contribution in [0.2, 0.25) is 0 Å². The Bertz CT molecular complexity index is 569. The number of carbonyl (C=O) groups excluding carboxylic acids is 1. The van der Waals surface area contributed by atoms with Gasteiger partial charge in [0.05, 0.1) is 5.01 Å². The summed E-state index contributed by atoms with van der Waals surface area (Å²) in [6, 6.07) is 4.15. The molecule has 0 atom stereocenters. The van der Waals surface area contributed by atoms with E-state index in [4.69, 9.17) is 0 Å². The molecule has 0 bridgehead atoms. The molecule has 1 amide bonds. The Morgan fingerprint density at radius 3 is 2.76 bits per heavy atom. The molecule has 2 aromatic heterocycles. The van der Waals surface area contributed by atoms with Gasteiger partial charge in [-0.3, -0.25) is 4.79 Å². The van der Waals surface area contributed by atoms with Gasteiger partial charge in [-0.1, -0.05) is 13.0 Å². The monoisotopic (exact) mass is 320 g/mol. The molecule has 0 radical (unpaired) electrons. The molecule has 1 aliphatic rings. The van der Waals surface area contributed by atoms with Crippen LogP contribution in [-0.4, -0.2) is 28.9 Å². The molecule has 0 N–H and O–H groups in total. The lowest BCUT2D eigenvalue weighted by Gasteiger charge is -2.38. The maximum atomic E-state index is 12.3. The summed E-state index contributed by atoms with van der Waals surface area (Å²) in [6.45, 7) is 4.00. The Morgan fingerprint density at radius 2 is 2.14 bits per heavy atom. The smallest absolute Gasteiger partial charge is 0.222 e. The van der Waals surface area contributed by atoms with Crippen LogP contribution in [0.25, 0.3) is 0 Å². The fourth-order valence-electron chi connectivity index (χ4n) is 2.83. The van der Waals surface area contributed by atoms with Crippen LogP contribution in [0, 0.1) is 0 Å². The molecule has 3 rings (SSSR count). The van der Waals surface area contributed by atoms with Gasteiger partial charge in [0.1, 0.15) is 0 Å². The van der Waals surface area contributed by atoms with Gasteiger partial charge in [0.25, 0.3) is 0 Å². The van der Waals surface area contributed by atoms with Crippen LogP contribution in [0.1, 0.15) is 36.1 Å². The molecule has 0 aromatic carbocycles. The van der Waals surface area contributed by atoms with E-state index in [1.165, 1.54) is 9.88 Å². The third-order valence-corrected chi connectivity index (χ3v) is 6.35. The Labute approximate surface area is 133 Å². The van der Waals surface area contributed by atoms with Crippen LogP contribution in [0.4, 0.5) is 0 Å². The van der Waals surface area contributed by atoms with Crippen molar-refractivity contribution in [2.24, 2.45) is 0 Å². The van der Waals surface area contributed by atoms with Crippen molar-refractivity contribution >= 4 is 28.6 Å². The van der Waals surface area contributed by atoms with Gasteiger partial charge in [-0.05, 0) is 30.7 Å². The van der Waals surface area contributed by atoms with Crippen LogP contribution in [0.5, 0.6) is 0 Å². The summed E-state index contributed by atoms with van der Waals surface area (Å²) < 4.78 is 0. The number of amides is 1. The molecule has 112 valence electrons. The number of hydrogen-bond donors (Lipinski definition) is 0. The molecule has 2 aromatic rings. The van der Waals surface area contributed by atoms with Gasteiger partial charge in [0.15, 0.2) is 0 Å². The van der Waals surface area contributed by atoms with E-state index < -0.39 is 0 Å². The number of hydrogen-bond acceptors (Lipinski definition) is 4. The van der Waals surface area contributed by atoms with Gasteiger partial charge in [0.2, 0.25) is 5.91 Å². The number of nitrogens with zero attached hydrogens (tertiary/aromatic N) is 2. The summed E-state index contributed by atoms with van der Waals surface area (Å²) in [7, 11) is 0. The predicted molar refractivity (Wildman–Crippen MR) is 87.9 cm³/mol. The summed E-state index contributed by atoms with van der Waals surface area (Å²) in [5.74, 6) is 0.296. The number of likely N-dealkylation sites (tertiary alicyclic amines) is 1. The maximum Gasteiger partial charge on any atom is 0.222 e. The molecule has 21 heavy (non-hydrogen) atoms. The molecular weight excluding hydrogens is 300 g/mol. The fourth-order valence-corrected chi connectivity index (χ4v) is 4.40. The third kappa shape index (κ3) is 3.35. The van der Waals surface area contributed by atoms with Crippen molar-refractivity contribution in [1.29, 1.82) is 0 Å². The zero-order valence-corrected chi connectivity index (χ0v) is 13.9. The van der Waals surface area contributed by atoms with Gasteiger partial charge in [-0.2, -0.15) is 0 Å². The molecule has 0 spiro atoms. The first-order chi connectivity index (χ1) is 10.2. The predicted octanol–water partition coefficient (Wildman–Crippen LogP) is 3.72. The first kappa shape index (κ1) is 14.7. The summed E-state index contributed by atoms with van der Waals surface area (Å²) in [4.78, 5) is 20.1. The van der Waals surface area contributed by atoms with Crippen molar-refractivity contribution in [2.45, 2.75) is 38.0 Å². The van der Waals surface area contributed by atoms with E-state index in [-0.39, 0.29) is 5.41 Å². The molecule has 0 saturated carbocycles. The van der Waals surface area contributed by atoms with Crippen molar-refractivity contribution in [2.75, 3.05) is 13.1 Å².